The summed E-state index contributed by atoms with van der Waals surface area (Å²) in [6.07, 6.45) is 0.613. The standard InChI is InChI=1S/C14H15NO3S/c1-10(16)19-8-4-3-5-11-6-7-13(15)12(9-11)14(17)18-2/h6-7,9H,4,8,15H2,1-2H3. The number of nitrogens with two attached hydrogens (primary N) is 1. The number of ether oxygens (including phenoxy) is 1. The van der Waals surface area contributed by atoms with E-state index in [4.69, 9.17) is 5.73 Å². The zero-order chi connectivity index (χ0) is 14.3. The Morgan fingerprint density at radius 1 is 1.42 bits per heavy atom. The molecule has 4 nitrogen and oxygen atoms in total. The van der Waals surface area contributed by atoms with Crippen molar-refractivity contribution >= 4 is 28.5 Å². The first-order valence-electron chi connectivity index (χ1n) is 5.64. The average molecular weight is 277 g/mol. The molecule has 1 aromatic carbocycles. The van der Waals surface area contributed by atoms with Gasteiger partial charge < -0.3 is 10.5 Å². The Morgan fingerprint density at radius 3 is 2.79 bits per heavy atom. The van der Waals surface area contributed by atoms with Crippen molar-refractivity contribution in [3.8, 4) is 11.8 Å². The molecule has 0 radical (unpaired) electrons. The number of rotatable bonds is 3. The molecule has 100 valence electrons. The summed E-state index contributed by atoms with van der Waals surface area (Å²) in [5, 5.41) is 0.0854. The van der Waals surface area contributed by atoms with Gasteiger partial charge in [0.05, 0.1) is 12.7 Å². The van der Waals surface area contributed by atoms with Crippen LogP contribution in [0.2, 0.25) is 0 Å². The van der Waals surface area contributed by atoms with Crippen LogP contribution in [-0.4, -0.2) is 23.9 Å². The summed E-state index contributed by atoms with van der Waals surface area (Å²) in [6, 6.07) is 4.97. The number of carbonyl (C=O) groups is 2. The highest BCUT2D eigenvalue weighted by atomic mass is 32.2. The second-order valence-electron chi connectivity index (χ2n) is 3.69. The van der Waals surface area contributed by atoms with Gasteiger partial charge in [-0.3, -0.25) is 4.79 Å². The molecule has 0 amide bonds. The number of hydrogen-bond acceptors (Lipinski definition) is 5. The monoisotopic (exact) mass is 277 g/mol. The van der Waals surface area contributed by atoms with Crippen LogP contribution in [0.3, 0.4) is 0 Å². The summed E-state index contributed by atoms with van der Waals surface area (Å²) >= 11 is 1.25. The van der Waals surface area contributed by atoms with Crippen LogP contribution in [0.25, 0.3) is 0 Å². The second kappa shape index (κ2) is 7.49. The van der Waals surface area contributed by atoms with Gasteiger partial charge in [-0.25, -0.2) is 4.79 Å². The predicted octanol–water partition coefficient (Wildman–Crippen LogP) is 2.08. The SMILES string of the molecule is COC(=O)c1cc(C#CCCSC(C)=O)ccc1N. The van der Waals surface area contributed by atoms with Gasteiger partial charge >= 0.3 is 5.97 Å². The average Bonchev–Trinajstić information content (AvgIpc) is 2.39. The quantitative estimate of drug-likeness (QED) is 0.396. The van der Waals surface area contributed by atoms with Crippen LogP contribution in [0.4, 0.5) is 5.69 Å². The molecule has 0 saturated heterocycles. The summed E-state index contributed by atoms with van der Waals surface area (Å²) in [6.45, 7) is 1.53. The van der Waals surface area contributed by atoms with Crippen molar-refractivity contribution < 1.29 is 14.3 Å². The highest BCUT2D eigenvalue weighted by Gasteiger charge is 2.09. The Hall–Kier alpha value is -1.93. The Bertz CT molecular complexity index is 543. The number of esters is 1. The fourth-order valence-corrected chi connectivity index (χ4v) is 1.82. The largest absolute Gasteiger partial charge is 0.465 e. The number of thioether (sulfide) groups is 1. The van der Waals surface area contributed by atoms with Gasteiger partial charge in [-0.15, -0.1) is 0 Å². The number of anilines is 1. The summed E-state index contributed by atoms with van der Waals surface area (Å²) in [7, 11) is 1.30. The van der Waals surface area contributed by atoms with Crippen molar-refractivity contribution in [1.82, 2.24) is 0 Å². The Kier molecular flexibility index (Phi) is 5.97. The van der Waals surface area contributed by atoms with Gasteiger partial charge in [0.25, 0.3) is 0 Å². The lowest BCUT2D eigenvalue weighted by Gasteiger charge is -2.03. The molecule has 2 N–H and O–H groups in total. The third kappa shape index (κ3) is 5.06. The lowest BCUT2D eigenvalue weighted by molar-refractivity contribution is -0.109. The molecule has 0 heterocycles. The Balaban J connectivity index is 2.72. The maximum Gasteiger partial charge on any atom is 0.339 e. The molecule has 19 heavy (non-hydrogen) atoms. The van der Waals surface area contributed by atoms with Gasteiger partial charge in [0.2, 0.25) is 0 Å². The molecule has 0 fully saturated rings. The molecule has 0 saturated carbocycles. The van der Waals surface area contributed by atoms with Crippen LogP contribution in [0.15, 0.2) is 18.2 Å². The van der Waals surface area contributed by atoms with E-state index < -0.39 is 5.97 Å². The van der Waals surface area contributed by atoms with E-state index in [1.54, 1.807) is 18.2 Å². The first-order chi connectivity index (χ1) is 9.04. The van der Waals surface area contributed by atoms with Crippen LogP contribution in [-0.2, 0) is 9.53 Å². The maximum absolute atomic E-state index is 11.4. The lowest BCUT2D eigenvalue weighted by atomic mass is 10.1. The van der Waals surface area contributed by atoms with Crippen molar-refractivity contribution in [1.29, 1.82) is 0 Å². The highest BCUT2D eigenvalue weighted by molar-refractivity contribution is 8.13. The van der Waals surface area contributed by atoms with Crippen LogP contribution in [0.1, 0.15) is 29.3 Å². The molecule has 0 unspecified atom stereocenters. The summed E-state index contributed by atoms with van der Waals surface area (Å²) in [5.41, 5.74) is 7.06. The maximum atomic E-state index is 11.4. The molecule has 5 heteroatoms. The van der Waals surface area contributed by atoms with Crippen LogP contribution >= 0.6 is 11.8 Å². The van der Waals surface area contributed by atoms with Crippen molar-refractivity contribution in [3.63, 3.8) is 0 Å². The van der Waals surface area contributed by atoms with Crippen molar-refractivity contribution in [3.05, 3.63) is 29.3 Å². The summed E-state index contributed by atoms with van der Waals surface area (Å²) in [4.78, 5) is 22.2. The smallest absolute Gasteiger partial charge is 0.339 e. The van der Waals surface area contributed by atoms with Gasteiger partial charge in [-0.1, -0.05) is 23.6 Å². The fourth-order valence-electron chi connectivity index (χ4n) is 1.33. The van der Waals surface area contributed by atoms with Gasteiger partial charge in [-0.2, -0.15) is 0 Å². The molecule has 0 bridgehead atoms. The van der Waals surface area contributed by atoms with E-state index in [2.05, 4.69) is 16.6 Å². The van der Waals surface area contributed by atoms with Gasteiger partial charge in [0.1, 0.15) is 0 Å². The molecule has 1 rings (SSSR count). The van der Waals surface area contributed by atoms with E-state index in [-0.39, 0.29) is 5.12 Å². The molecule has 1 aromatic rings. The molecular weight excluding hydrogens is 262 g/mol. The van der Waals surface area contributed by atoms with Crippen molar-refractivity contribution in [2.75, 3.05) is 18.6 Å². The van der Waals surface area contributed by atoms with Gasteiger partial charge in [0.15, 0.2) is 5.12 Å². The van der Waals surface area contributed by atoms with Gasteiger partial charge in [0, 0.05) is 30.3 Å². The van der Waals surface area contributed by atoms with E-state index in [0.717, 1.165) is 0 Å². The van der Waals surface area contributed by atoms with Crippen LogP contribution in [0.5, 0.6) is 0 Å². The summed E-state index contributed by atoms with van der Waals surface area (Å²) in [5.74, 6) is 6.06. The van der Waals surface area contributed by atoms with Gasteiger partial charge in [-0.05, 0) is 18.2 Å². The first-order valence-corrected chi connectivity index (χ1v) is 6.63. The molecule has 0 aliphatic rings. The van der Waals surface area contributed by atoms with Crippen molar-refractivity contribution in [2.24, 2.45) is 0 Å². The molecule has 0 spiro atoms. The zero-order valence-corrected chi connectivity index (χ0v) is 11.7. The summed E-state index contributed by atoms with van der Waals surface area (Å²) < 4.78 is 4.63. The minimum Gasteiger partial charge on any atom is -0.465 e. The predicted molar refractivity (Wildman–Crippen MR) is 76.8 cm³/mol. The minimum atomic E-state index is -0.478. The fraction of sp³-hybridized carbons (Fsp3) is 0.286. The minimum absolute atomic E-state index is 0.0854. The molecule has 0 aliphatic heterocycles. The third-order valence-corrected chi connectivity index (χ3v) is 3.04. The molecule has 0 aromatic heterocycles. The topological polar surface area (TPSA) is 69.4 Å². The van der Waals surface area contributed by atoms with E-state index in [1.807, 2.05) is 0 Å². The number of carbonyl (C=O) groups excluding carboxylic acids is 2. The molecular formula is C14H15NO3S. The van der Waals surface area contributed by atoms with E-state index >= 15 is 0 Å². The zero-order valence-electron chi connectivity index (χ0n) is 10.9. The van der Waals surface area contributed by atoms with E-state index in [9.17, 15) is 9.59 Å². The second-order valence-corrected chi connectivity index (χ2v) is 4.96. The number of benzene rings is 1. The Morgan fingerprint density at radius 2 is 2.16 bits per heavy atom. The number of nitrogen functional groups attached to an aromatic ring is 1. The van der Waals surface area contributed by atoms with Crippen molar-refractivity contribution in [2.45, 2.75) is 13.3 Å². The molecule has 0 aliphatic carbocycles. The Labute approximate surface area is 116 Å². The lowest BCUT2D eigenvalue weighted by Crippen LogP contribution is -2.05. The molecule has 0 atom stereocenters. The van der Waals surface area contributed by atoms with Crippen LogP contribution < -0.4 is 5.73 Å². The number of hydrogen-bond donors (Lipinski definition) is 1. The first kappa shape index (κ1) is 15.1. The normalized spacial score (nSPS) is 9.37. The highest BCUT2D eigenvalue weighted by Crippen LogP contribution is 2.14. The van der Waals surface area contributed by atoms with Crippen LogP contribution in [0, 0.1) is 11.8 Å². The van der Waals surface area contributed by atoms with E-state index in [0.29, 0.717) is 29.0 Å². The van der Waals surface area contributed by atoms with E-state index in [1.165, 1.54) is 25.8 Å². The number of methoxy groups -OCH3 is 1. The third-order valence-electron chi connectivity index (χ3n) is 2.22.